The van der Waals surface area contributed by atoms with Gasteiger partial charge in [0.15, 0.2) is 0 Å². The molecule has 6 heteroatoms. The number of carboxylic acids is 1. The fourth-order valence-corrected chi connectivity index (χ4v) is 3.93. The van der Waals surface area contributed by atoms with Gasteiger partial charge in [-0.3, -0.25) is 9.59 Å². The van der Waals surface area contributed by atoms with Gasteiger partial charge in [0.2, 0.25) is 0 Å². The summed E-state index contributed by atoms with van der Waals surface area (Å²) in [7, 11) is 1.53. The molecule has 6 nitrogen and oxygen atoms in total. The van der Waals surface area contributed by atoms with E-state index >= 15 is 0 Å². The molecule has 122 valence electrons. The highest BCUT2D eigenvalue weighted by Crippen LogP contribution is 2.42. The Morgan fingerprint density at radius 3 is 2.65 bits per heavy atom. The van der Waals surface area contributed by atoms with Crippen LogP contribution < -0.4 is 5.32 Å². The molecule has 2 aliphatic rings. The maximum Gasteiger partial charge on any atom is 0.326 e. The molecule has 0 aromatic heterocycles. The SMILES string of the molecule is CNC(=O)c1cccc(C(=O)N2CC3CCCC3C2C(=O)O)c1. The summed E-state index contributed by atoms with van der Waals surface area (Å²) >= 11 is 0. The van der Waals surface area contributed by atoms with Gasteiger partial charge >= 0.3 is 5.97 Å². The number of benzene rings is 1. The van der Waals surface area contributed by atoms with Gasteiger partial charge < -0.3 is 15.3 Å². The molecule has 0 radical (unpaired) electrons. The first-order valence-electron chi connectivity index (χ1n) is 7.89. The third-order valence-electron chi connectivity index (χ3n) is 5.00. The number of likely N-dealkylation sites (tertiary alicyclic amines) is 1. The fraction of sp³-hybridized carbons (Fsp3) is 0.471. The molecule has 0 spiro atoms. The van der Waals surface area contributed by atoms with Gasteiger partial charge in [0.1, 0.15) is 6.04 Å². The van der Waals surface area contributed by atoms with Gasteiger partial charge in [-0.25, -0.2) is 4.79 Å². The van der Waals surface area contributed by atoms with Crippen molar-refractivity contribution < 1.29 is 19.5 Å². The standard InChI is InChI=1S/C17H20N2O4/c1-18-15(20)10-4-2-5-11(8-10)16(21)19-9-12-6-3-7-13(12)14(19)17(22)23/h2,4-5,8,12-14H,3,6-7,9H2,1H3,(H,18,20)(H,22,23). The van der Waals surface area contributed by atoms with Crippen LogP contribution in [0.3, 0.4) is 0 Å². The van der Waals surface area contributed by atoms with E-state index in [0.717, 1.165) is 19.3 Å². The smallest absolute Gasteiger partial charge is 0.326 e. The lowest BCUT2D eigenvalue weighted by Crippen LogP contribution is -2.43. The molecule has 2 amide bonds. The summed E-state index contributed by atoms with van der Waals surface area (Å²) < 4.78 is 0. The molecular weight excluding hydrogens is 296 g/mol. The van der Waals surface area contributed by atoms with Crippen molar-refractivity contribution in [2.45, 2.75) is 25.3 Å². The van der Waals surface area contributed by atoms with Crippen molar-refractivity contribution in [3.8, 4) is 0 Å². The number of amides is 2. The number of fused-ring (bicyclic) bond motifs is 1. The molecule has 2 fully saturated rings. The summed E-state index contributed by atoms with van der Waals surface area (Å²) in [5, 5.41) is 12.1. The molecule has 3 atom stereocenters. The Balaban J connectivity index is 1.88. The minimum Gasteiger partial charge on any atom is -0.480 e. The molecule has 0 bridgehead atoms. The molecule has 2 N–H and O–H groups in total. The van der Waals surface area contributed by atoms with E-state index in [4.69, 9.17) is 0 Å². The van der Waals surface area contributed by atoms with Gasteiger partial charge in [-0.2, -0.15) is 0 Å². The summed E-state index contributed by atoms with van der Waals surface area (Å²) in [4.78, 5) is 37.6. The lowest BCUT2D eigenvalue weighted by molar-refractivity contribution is -0.142. The van der Waals surface area contributed by atoms with Crippen molar-refractivity contribution in [1.29, 1.82) is 0 Å². The molecule has 1 aliphatic carbocycles. The lowest BCUT2D eigenvalue weighted by atomic mass is 9.94. The summed E-state index contributed by atoms with van der Waals surface area (Å²) in [6.45, 7) is 0.491. The van der Waals surface area contributed by atoms with Crippen LogP contribution in [-0.2, 0) is 4.79 Å². The molecular formula is C17H20N2O4. The molecule has 1 aromatic carbocycles. The van der Waals surface area contributed by atoms with Crippen molar-refractivity contribution in [1.82, 2.24) is 10.2 Å². The van der Waals surface area contributed by atoms with Crippen LogP contribution in [0.15, 0.2) is 24.3 Å². The summed E-state index contributed by atoms with van der Waals surface area (Å²) in [5.41, 5.74) is 0.752. The molecule has 1 saturated heterocycles. The number of nitrogens with one attached hydrogen (secondary N) is 1. The largest absolute Gasteiger partial charge is 0.480 e. The van der Waals surface area contributed by atoms with Crippen molar-refractivity contribution in [2.75, 3.05) is 13.6 Å². The first kappa shape index (κ1) is 15.5. The Labute approximate surface area is 134 Å². The molecule has 23 heavy (non-hydrogen) atoms. The van der Waals surface area contributed by atoms with Crippen LogP contribution >= 0.6 is 0 Å². The van der Waals surface area contributed by atoms with Gasteiger partial charge in [0, 0.05) is 24.7 Å². The number of hydrogen-bond acceptors (Lipinski definition) is 3. The van der Waals surface area contributed by atoms with Crippen LogP contribution in [0, 0.1) is 11.8 Å². The average molecular weight is 316 g/mol. The highest BCUT2D eigenvalue weighted by Gasteiger charge is 2.49. The van der Waals surface area contributed by atoms with Gasteiger partial charge in [-0.15, -0.1) is 0 Å². The number of carbonyl (C=O) groups excluding carboxylic acids is 2. The molecule has 3 unspecified atom stereocenters. The Kier molecular flexibility index (Phi) is 4.07. The second kappa shape index (κ2) is 6.02. The molecule has 3 rings (SSSR count). The van der Waals surface area contributed by atoms with E-state index in [1.54, 1.807) is 18.2 Å². The highest BCUT2D eigenvalue weighted by atomic mass is 16.4. The van der Waals surface area contributed by atoms with Crippen LogP contribution in [-0.4, -0.2) is 47.4 Å². The maximum absolute atomic E-state index is 12.8. The maximum atomic E-state index is 12.8. The number of hydrogen-bond donors (Lipinski definition) is 2. The number of nitrogens with zero attached hydrogens (tertiary/aromatic N) is 1. The topological polar surface area (TPSA) is 86.7 Å². The minimum atomic E-state index is -0.935. The number of rotatable bonds is 3. The lowest BCUT2D eigenvalue weighted by Gasteiger charge is -2.24. The van der Waals surface area contributed by atoms with E-state index in [9.17, 15) is 19.5 Å². The average Bonchev–Trinajstić information content (AvgIpc) is 3.13. The van der Waals surface area contributed by atoms with Crippen molar-refractivity contribution >= 4 is 17.8 Å². The van der Waals surface area contributed by atoms with E-state index in [2.05, 4.69) is 5.32 Å². The van der Waals surface area contributed by atoms with Gasteiger partial charge in [0.05, 0.1) is 0 Å². The van der Waals surface area contributed by atoms with Crippen molar-refractivity contribution in [3.05, 3.63) is 35.4 Å². The zero-order chi connectivity index (χ0) is 16.6. The van der Waals surface area contributed by atoms with Crippen LogP contribution in [0.25, 0.3) is 0 Å². The highest BCUT2D eigenvalue weighted by molar-refractivity contribution is 6.01. The molecule has 1 saturated carbocycles. The fourth-order valence-electron chi connectivity index (χ4n) is 3.93. The van der Waals surface area contributed by atoms with Crippen LogP contribution in [0.1, 0.15) is 40.0 Å². The number of carbonyl (C=O) groups is 3. The van der Waals surface area contributed by atoms with E-state index in [1.165, 1.54) is 18.0 Å². The summed E-state index contributed by atoms with van der Waals surface area (Å²) in [6, 6.07) is 5.67. The van der Waals surface area contributed by atoms with Crippen molar-refractivity contribution in [2.24, 2.45) is 11.8 Å². The van der Waals surface area contributed by atoms with E-state index in [-0.39, 0.29) is 23.7 Å². The van der Waals surface area contributed by atoms with Crippen molar-refractivity contribution in [3.63, 3.8) is 0 Å². The monoisotopic (exact) mass is 316 g/mol. The molecule has 1 aliphatic heterocycles. The zero-order valence-corrected chi connectivity index (χ0v) is 13.0. The first-order chi connectivity index (χ1) is 11.0. The second-order valence-corrected chi connectivity index (χ2v) is 6.26. The predicted octanol–water partition coefficient (Wildman–Crippen LogP) is 1.37. The van der Waals surface area contributed by atoms with Gasteiger partial charge in [-0.05, 0) is 42.9 Å². The van der Waals surface area contributed by atoms with Crippen LogP contribution in [0.2, 0.25) is 0 Å². The minimum absolute atomic E-state index is 0.0542. The summed E-state index contributed by atoms with van der Waals surface area (Å²) in [6.07, 6.45) is 2.88. The zero-order valence-electron chi connectivity index (χ0n) is 13.0. The normalized spacial score (nSPS) is 26.0. The van der Waals surface area contributed by atoms with Gasteiger partial charge in [-0.1, -0.05) is 12.5 Å². The third-order valence-corrected chi connectivity index (χ3v) is 5.00. The Morgan fingerprint density at radius 2 is 1.96 bits per heavy atom. The second-order valence-electron chi connectivity index (χ2n) is 6.26. The van der Waals surface area contributed by atoms with E-state index < -0.39 is 12.0 Å². The Bertz CT molecular complexity index is 658. The van der Waals surface area contributed by atoms with Gasteiger partial charge in [0.25, 0.3) is 11.8 Å². The third kappa shape index (κ3) is 2.69. The van der Waals surface area contributed by atoms with E-state index in [0.29, 0.717) is 17.7 Å². The molecule has 1 heterocycles. The Hall–Kier alpha value is -2.37. The van der Waals surface area contributed by atoms with Crippen LogP contribution in [0.4, 0.5) is 0 Å². The van der Waals surface area contributed by atoms with E-state index in [1.807, 2.05) is 0 Å². The predicted molar refractivity (Wildman–Crippen MR) is 83.1 cm³/mol. The quantitative estimate of drug-likeness (QED) is 0.882. The number of carboxylic acid groups (broad SMARTS) is 1. The number of aliphatic carboxylic acids is 1. The summed E-state index contributed by atoms with van der Waals surface area (Å²) in [5.74, 6) is -1.18. The van der Waals surface area contributed by atoms with Crippen LogP contribution in [0.5, 0.6) is 0 Å². The Morgan fingerprint density at radius 1 is 1.22 bits per heavy atom. The molecule has 1 aromatic rings. The first-order valence-corrected chi connectivity index (χ1v) is 7.89.